The number of piperidine rings is 1. The van der Waals surface area contributed by atoms with Crippen LogP contribution in [0.15, 0.2) is 18.2 Å². The molecule has 1 unspecified atom stereocenters. The van der Waals surface area contributed by atoms with Crippen LogP contribution >= 0.6 is 0 Å². The lowest BCUT2D eigenvalue weighted by Gasteiger charge is -2.38. The van der Waals surface area contributed by atoms with Gasteiger partial charge in [0.2, 0.25) is 0 Å². The maximum Gasteiger partial charge on any atom is 0.274 e. The highest BCUT2D eigenvalue weighted by atomic mass is 16.6. The van der Waals surface area contributed by atoms with E-state index in [9.17, 15) is 15.2 Å². The van der Waals surface area contributed by atoms with Crippen LogP contribution in [0, 0.1) is 17.0 Å². The standard InChI is InChI=1S/C13H18N2O3/c1-10-4-5-11(8-12(10)15(17)18)14-7-3-6-13(2,16)9-14/h4-5,8,16H,3,6-7,9H2,1-2H3. The quantitative estimate of drug-likeness (QED) is 0.645. The molecule has 1 atom stereocenters. The van der Waals surface area contributed by atoms with Gasteiger partial charge in [-0.2, -0.15) is 0 Å². The number of benzene rings is 1. The van der Waals surface area contributed by atoms with Gasteiger partial charge in [-0.15, -0.1) is 0 Å². The fourth-order valence-electron chi connectivity index (χ4n) is 2.43. The average molecular weight is 250 g/mol. The fourth-order valence-corrected chi connectivity index (χ4v) is 2.43. The third-order valence-corrected chi connectivity index (χ3v) is 3.43. The third-order valence-electron chi connectivity index (χ3n) is 3.43. The molecule has 1 aliphatic heterocycles. The van der Waals surface area contributed by atoms with E-state index in [0.29, 0.717) is 12.1 Å². The smallest absolute Gasteiger partial charge is 0.274 e. The summed E-state index contributed by atoms with van der Waals surface area (Å²) < 4.78 is 0. The first-order valence-corrected chi connectivity index (χ1v) is 6.11. The molecule has 2 rings (SSSR count). The second-order valence-electron chi connectivity index (χ2n) is 5.25. The summed E-state index contributed by atoms with van der Waals surface area (Å²) in [5, 5.41) is 21.0. The molecule has 1 N–H and O–H groups in total. The molecule has 1 aromatic rings. The van der Waals surface area contributed by atoms with E-state index in [-0.39, 0.29) is 10.6 Å². The molecule has 0 spiro atoms. The Balaban J connectivity index is 2.28. The van der Waals surface area contributed by atoms with Crippen LogP contribution in [-0.2, 0) is 0 Å². The number of rotatable bonds is 2. The minimum absolute atomic E-state index is 0.137. The topological polar surface area (TPSA) is 66.6 Å². The molecule has 0 radical (unpaired) electrons. The Morgan fingerprint density at radius 2 is 2.22 bits per heavy atom. The van der Waals surface area contributed by atoms with Crippen molar-refractivity contribution in [3.63, 3.8) is 0 Å². The minimum Gasteiger partial charge on any atom is -0.388 e. The lowest BCUT2D eigenvalue weighted by Crippen LogP contribution is -2.46. The van der Waals surface area contributed by atoms with E-state index < -0.39 is 5.60 Å². The number of aryl methyl sites for hydroxylation is 1. The number of nitro benzene ring substituents is 1. The molecule has 1 aromatic carbocycles. The first-order chi connectivity index (χ1) is 8.39. The Morgan fingerprint density at radius 1 is 1.50 bits per heavy atom. The molecular weight excluding hydrogens is 232 g/mol. The van der Waals surface area contributed by atoms with Crippen LogP contribution in [0.3, 0.4) is 0 Å². The highest BCUT2D eigenvalue weighted by Crippen LogP contribution is 2.29. The number of hydrogen-bond acceptors (Lipinski definition) is 4. The molecule has 1 aliphatic rings. The Kier molecular flexibility index (Phi) is 3.26. The van der Waals surface area contributed by atoms with Crippen LogP contribution < -0.4 is 4.90 Å². The zero-order valence-electron chi connectivity index (χ0n) is 10.7. The van der Waals surface area contributed by atoms with Crippen LogP contribution in [0.4, 0.5) is 11.4 Å². The SMILES string of the molecule is Cc1ccc(N2CCCC(C)(O)C2)cc1[N+](=O)[O-]. The van der Waals surface area contributed by atoms with E-state index in [4.69, 9.17) is 0 Å². The predicted octanol–water partition coefficient (Wildman–Crippen LogP) is 2.25. The van der Waals surface area contributed by atoms with Crippen molar-refractivity contribution in [2.75, 3.05) is 18.0 Å². The van der Waals surface area contributed by atoms with Crippen LogP contribution in [0.2, 0.25) is 0 Å². The van der Waals surface area contributed by atoms with E-state index in [1.165, 1.54) is 0 Å². The molecule has 18 heavy (non-hydrogen) atoms. The zero-order valence-corrected chi connectivity index (χ0v) is 10.7. The molecule has 0 amide bonds. The Bertz CT molecular complexity index is 471. The average Bonchev–Trinajstić information content (AvgIpc) is 2.27. The molecule has 0 aromatic heterocycles. The summed E-state index contributed by atoms with van der Waals surface area (Å²) in [6.45, 7) is 4.89. The van der Waals surface area contributed by atoms with Gasteiger partial charge >= 0.3 is 0 Å². The largest absolute Gasteiger partial charge is 0.388 e. The van der Waals surface area contributed by atoms with Gasteiger partial charge in [0, 0.05) is 30.4 Å². The summed E-state index contributed by atoms with van der Waals surface area (Å²) in [5.41, 5.74) is 0.898. The van der Waals surface area contributed by atoms with Gasteiger partial charge in [0.25, 0.3) is 5.69 Å². The van der Waals surface area contributed by atoms with E-state index >= 15 is 0 Å². The van der Waals surface area contributed by atoms with Crippen molar-refractivity contribution in [3.05, 3.63) is 33.9 Å². The molecule has 98 valence electrons. The summed E-state index contributed by atoms with van der Waals surface area (Å²) in [4.78, 5) is 12.6. The lowest BCUT2D eigenvalue weighted by atomic mass is 9.94. The highest BCUT2D eigenvalue weighted by Gasteiger charge is 2.29. The maximum absolute atomic E-state index is 10.9. The zero-order chi connectivity index (χ0) is 13.3. The summed E-state index contributed by atoms with van der Waals surface area (Å²) in [5.74, 6) is 0. The van der Waals surface area contributed by atoms with Gasteiger partial charge in [0.05, 0.1) is 10.5 Å². The van der Waals surface area contributed by atoms with Crippen molar-refractivity contribution in [1.29, 1.82) is 0 Å². The van der Waals surface area contributed by atoms with Crippen molar-refractivity contribution in [2.24, 2.45) is 0 Å². The second-order valence-corrected chi connectivity index (χ2v) is 5.25. The first kappa shape index (κ1) is 12.8. The van der Waals surface area contributed by atoms with Crippen molar-refractivity contribution in [2.45, 2.75) is 32.3 Å². The number of β-amino-alcohol motifs (C(OH)–C–C–N with tert-alkyl or cyclic N) is 1. The molecular formula is C13H18N2O3. The first-order valence-electron chi connectivity index (χ1n) is 6.11. The van der Waals surface area contributed by atoms with E-state index in [0.717, 1.165) is 25.1 Å². The van der Waals surface area contributed by atoms with Gasteiger partial charge in [-0.1, -0.05) is 6.07 Å². The second kappa shape index (κ2) is 4.57. The van der Waals surface area contributed by atoms with Gasteiger partial charge in [-0.25, -0.2) is 0 Å². The summed E-state index contributed by atoms with van der Waals surface area (Å²) in [6.07, 6.45) is 1.67. The summed E-state index contributed by atoms with van der Waals surface area (Å²) in [6, 6.07) is 5.23. The molecule has 0 bridgehead atoms. The number of nitro groups is 1. The summed E-state index contributed by atoms with van der Waals surface area (Å²) >= 11 is 0. The van der Waals surface area contributed by atoms with Crippen LogP contribution in [0.5, 0.6) is 0 Å². The van der Waals surface area contributed by atoms with Gasteiger partial charge in [0.15, 0.2) is 0 Å². The highest BCUT2D eigenvalue weighted by molar-refractivity contribution is 5.57. The minimum atomic E-state index is -0.710. The van der Waals surface area contributed by atoms with E-state index in [1.54, 1.807) is 19.1 Å². The fraction of sp³-hybridized carbons (Fsp3) is 0.538. The molecule has 0 saturated carbocycles. The van der Waals surface area contributed by atoms with Crippen molar-refractivity contribution >= 4 is 11.4 Å². The normalized spacial score (nSPS) is 24.1. The van der Waals surface area contributed by atoms with Crippen molar-refractivity contribution in [3.8, 4) is 0 Å². The van der Waals surface area contributed by atoms with Crippen molar-refractivity contribution < 1.29 is 10.0 Å². The van der Waals surface area contributed by atoms with E-state index in [1.807, 2.05) is 17.9 Å². The molecule has 5 nitrogen and oxygen atoms in total. The Hall–Kier alpha value is -1.62. The number of aliphatic hydroxyl groups is 1. The lowest BCUT2D eigenvalue weighted by molar-refractivity contribution is -0.385. The Morgan fingerprint density at radius 3 is 2.83 bits per heavy atom. The number of anilines is 1. The van der Waals surface area contributed by atoms with E-state index in [2.05, 4.69) is 0 Å². The third kappa shape index (κ3) is 2.61. The van der Waals surface area contributed by atoms with Gasteiger partial charge in [-0.3, -0.25) is 10.1 Å². The monoisotopic (exact) mass is 250 g/mol. The number of hydrogen-bond donors (Lipinski definition) is 1. The summed E-state index contributed by atoms with van der Waals surface area (Å²) in [7, 11) is 0. The molecule has 0 aliphatic carbocycles. The van der Waals surface area contributed by atoms with Crippen LogP contribution in [-0.4, -0.2) is 28.7 Å². The van der Waals surface area contributed by atoms with Crippen molar-refractivity contribution in [1.82, 2.24) is 0 Å². The van der Waals surface area contributed by atoms with Crippen LogP contribution in [0.1, 0.15) is 25.3 Å². The van der Waals surface area contributed by atoms with Gasteiger partial charge < -0.3 is 10.0 Å². The van der Waals surface area contributed by atoms with Gasteiger partial charge in [0.1, 0.15) is 0 Å². The molecule has 1 saturated heterocycles. The predicted molar refractivity (Wildman–Crippen MR) is 69.9 cm³/mol. The maximum atomic E-state index is 10.9. The molecule has 1 fully saturated rings. The van der Waals surface area contributed by atoms with Gasteiger partial charge in [-0.05, 0) is 32.8 Å². The number of nitrogens with zero attached hydrogens (tertiary/aromatic N) is 2. The Labute approximate surface area is 106 Å². The van der Waals surface area contributed by atoms with Crippen LogP contribution in [0.25, 0.3) is 0 Å². The molecule has 5 heteroatoms. The molecule has 1 heterocycles.